The molecule has 0 heterocycles. The van der Waals surface area contributed by atoms with Gasteiger partial charge in [0, 0.05) is 31.4 Å². The molecule has 2 rings (SSSR count). The zero-order chi connectivity index (χ0) is 22.9. The van der Waals surface area contributed by atoms with E-state index >= 15 is 0 Å². The molecule has 0 saturated heterocycles. The fourth-order valence-electron chi connectivity index (χ4n) is 2.73. The van der Waals surface area contributed by atoms with Crippen LogP contribution in [0.3, 0.4) is 0 Å². The molecule has 8 nitrogen and oxygen atoms in total. The second-order valence-corrected chi connectivity index (χ2v) is 7.92. The number of nitrogens with one attached hydrogen (secondary N) is 3. The second kappa shape index (κ2) is 11.1. The summed E-state index contributed by atoms with van der Waals surface area (Å²) in [6, 6.07) is 12.7. The van der Waals surface area contributed by atoms with Crippen molar-refractivity contribution in [1.29, 1.82) is 0 Å². The molecule has 0 aliphatic rings. The first-order valence-corrected chi connectivity index (χ1v) is 10.1. The third-order valence-electron chi connectivity index (χ3n) is 4.26. The zero-order valence-corrected chi connectivity index (χ0v) is 18.8. The van der Waals surface area contributed by atoms with Crippen molar-refractivity contribution in [3.63, 3.8) is 0 Å². The van der Waals surface area contributed by atoms with Gasteiger partial charge in [0.05, 0.1) is 7.11 Å². The van der Waals surface area contributed by atoms with Crippen LogP contribution in [0.4, 0.5) is 10.5 Å². The van der Waals surface area contributed by atoms with E-state index in [0.717, 1.165) is 17.5 Å². The molecule has 168 valence electrons. The maximum atomic E-state index is 11.8. The maximum absolute atomic E-state index is 11.8. The molecule has 0 saturated carbocycles. The van der Waals surface area contributed by atoms with Crippen molar-refractivity contribution >= 4 is 17.7 Å². The minimum Gasteiger partial charge on any atom is -0.508 e. The van der Waals surface area contributed by atoms with Gasteiger partial charge in [-0.15, -0.1) is 0 Å². The van der Waals surface area contributed by atoms with E-state index in [4.69, 9.17) is 9.47 Å². The van der Waals surface area contributed by atoms with Gasteiger partial charge >= 0.3 is 6.09 Å². The first kappa shape index (κ1) is 23.9. The molecule has 0 aromatic heterocycles. The summed E-state index contributed by atoms with van der Waals surface area (Å²) in [5.74, 6) is 1.51. The quantitative estimate of drug-likeness (QED) is 0.396. The summed E-state index contributed by atoms with van der Waals surface area (Å²) in [6.07, 6.45) is 0.302. The molecule has 0 spiro atoms. The number of phenols is 1. The first-order chi connectivity index (χ1) is 14.7. The highest BCUT2D eigenvalue weighted by Crippen LogP contribution is 2.22. The van der Waals surface area contributed by atoms with E-state index in [2.05, 4.69) is 20.9 Å². The minimum absolute atomic E-state index is 0.198. The molecule has 0 radical (unpaired) electrons. The van der Waals surface area contributed by atoms with Gasteiger partial charge in [0.1, 0.15) is 17.1 Å². The Hall–Kier alpha value is -3.42. The summed E-state index contributed by atoms with van der Waals surface area (Å²) >= 11 is 0. The predicted octanol–water partition coefficient (Wildman–Crippen LogP) is 3.66. The van der Waals surface area contributed by atoms with Crippen LogP contribution in [0.15, 0.2) is 47.5 Å². The van der Waals surface area contributed by atoms with Crippen LogP contribution in [0.2, 0.25) is 0 Å². The zero-order valence-electron chi connectivity index (χ0n) is 18.8. The van der Waals surface area contributed by atoms with E-state index in [9.17, 15) is 9.90 Å². The lowest BCUT2D eigenvalue weighted by Crippen LogP contribution is -2.37. The largest absolute Gasteiger partial charge is 0.508 e. The molecule has 31 heavy (non-hydrogen) atoms. The van der Waals surface area contributed by atoms with Crippen molar-refractivity contribution in [2.24, 2.45) is 4.99 Å². The highest BCUT2D eigenvalue weighted by molar-refractivity contribution is 5.84. The van der Waals surface area contributed by atoms with Crippen LogP contribution < -0.4 is 20.7 Å². The van der Waals surface area contributed by atoms with Crippen LogP contribution in [0.5, 0.6) is 11.5 Å². The average Bonchev–Trinajstić information content (AvgIpc) is 2.71. The van der Waals surface area contributed by atoms with Crippen LogP contribution in [-0.2, 0) is 17.7 Å². The number of nitrogens with zero attached hydrogens (tertiary/aromatic N) is 1. The van der Waals surface area contributed by atoms with Crippen LogP contribution in [0.1, 0.15) is 31.9 Å². The Balaban J connectivity index is 1.79. The number of ether oxygens (including phenoxy) is 2. The van der Waals surface area contributed by atoms with Crippen molar-refractivity contribution < 1.29 is 19.4 Å². The number of rotatable bonds is 7. The Kier molecular flexibility index (Phi) is 8.54. The summed E-state index contributed by atoms with van der Waals surface area (Å²) in [4.78, 5) is 16.0. The van der Waals surface area contributed by atoms with Crippen molar-refractivity contribution in [1.82, 2.24) is 10.6 Å². The highest BCUT2D eigenvalue weighted by Gasteiger charge is 2.16. The third-order valence-corrected chi connectivity index (χ3v) is 4.26. The molecule has 2 aromatic carbocycles. The van der Waals surface area contributed by atoms with Crippen molar-refractivity contribution in [2.45, 2.75) is 39.3 Å². The van der Waals surface area contributed by atoms with Gasteiger partial charge in [-0.2, -0.15) is 0 Å². The van der Waals surface area contributed by atoms with Crippen molar-refractivity contribution in [2.75, 3.05) is 26.0 Å². The highest BCUT2D eigenvalue weighted by atomic mass is 16.6. The van der Waals surface area contributed by atoms with Crippen molar-refractivity contribution in [3.8, 4) is 11.5 Å². The fraction of sp³-hybridized carbons (Fsp3) is 0.391. The summed E-state index contributed by atoms with van der Waals surface area (Å²) in [6.45, 7) is 6.55. The molecule has 0 unspecified atom stereocenters. The molecule has 2 aromatic rings. The number of aromatic hydroxyl groups is 1. The van der Waals surface area contributed by atoms with Gasteiger partial charge in [-0.25, -0.2) is 4.79 Å². The monoisotopic (exact) mass is 428 g/mol. The lowest BCUT2D eigenvalue weighted by atomic mass is 10.1. The summed E-state index contributed by atoms with van der Waals surface area (Å²) in [5, 5.41) is 19.1. The number of aliphatic imine (C=N–C) groups is 1. The molecular weight excluding hydrogens is 396 g/mol. The van der Waals surface area contributed by atoms with E-state index in [1.54, 1.807) is 32.4 Å². The van der Waals surface area contributed by atoms with E-state index in [1.165, 1.54) is 0 Å². The average molecular weight is 429 g/mol. The van der Waals surface area contributed by atoms with E-state index in [-0.39, 0.29) is 5.75 Å². The SMILES string of the molecule is CN=C(NCCc1ccc(NC(=O)OC(C)(C)C)cc1)NCc1cc(OC)ccc1O. The Morgan fingerprint density at radius 1 is 1.10 bits per heavy atom. The normalized spacial score (nSPS) is 11.6. The maximum Gasteiger partial charge on any atom is 0.412 e. The first-order valence-electron chi connectivity index (χ1n) is 10.1. The standard InChI is InChI=1S/C23H32N4O4/c1-23(2,3)31-22(29)27-18-8-6-16(7-9-18)12-13-25-21(24-4)26-15-17-14-19(30-5)10-11-20(17)28/h6-11,14,28H,12-13,15H2,1-5H3,(H,27,29)(H2,24,25,26). The summed E-state index contributed by atoms with van der Waals surface area (Å²) in [5.41, 5.74) is 1.98. The topological polar surface area (TPSA) is 104 Å². The minimum atomic E-state index is -0.534. The van der Waals surface area contributed by atoms with E-state index < -0.39 is 11.7 Å². The fourth-order valence-corrected chi connectivity index (χ4v) is 2.73. The van der Waals surface area contributed by atoms with Gasteiger partial charge in [0.2, 0.25) is 0 Å². The number of anilines is 1. The predicted molar refractivity (Wildman–Crippen MR) is 123 cm³/mol. The number of benzene rings is 2. The Morgan fingerprint density at radius 3 is 2.42 bits per heavy atom. The number of guanidine groups is 1. The molecule has 0 bridgehead atoms. The smallest absolute Gasteiger partial charge is 0.412 e. The number of carbonyl (C=O) groups excluding carboxylic acids is 1. The molecule has 0 aliphatic heterocycles. The lowest BCUT2D eigenvalue weighted by molar-refractivity contribution is 0.0636. The molecule has 1 amide bonds. The Labute approximate surface area is 183 Å². The molecule has 0 aliphatic carbocycles. The van der Waals surface area contributed by atoms with Crippen LogP contribution in [-0.4, -0.2) is 43.5 Å². The Morgan fingerprint density at radius 2 is 1.81 bits per heavy atom. The number of hydrogen-bond acceptors (Lipinski definition) is 5. The van der Waals surface area contributed by atoms with Crippen molar-refractivity contribution in [3.05, 3.63) is 53.6 Å². The van der Waals surface area contributed by atoms with Gasteiger partial charge in [-0.1, -0.05) is 12.1 Å². The van der Waals surface area contributed by atoms with Crippen LogP contribution in [0.25, 0.3) is 0 Å². The molecule has 4 N–H and O–H groups in total. The molecule has 8 heteroatoms. The number of carbonyl (C=O) groups is 1. The van der Waals surface area contributed by atoms with Gasteiger partial charge in [-0.05, 0) is 63.1 Å². The summed E-state index contributed by atoms with van der Waals surface area (Å²) < 4.78 is 10.4. The molecule has 0 fully saturated rings. The van der Waals surface area contributed by atoms with Crippen LogP contribution in [0, 0.1) is 0 Å². The number of phenolic OH excluding ortho intramolecular Hbond substituents is 1. The number of hydrogen-bond donors (Lipinski definition) is 4. The lowest BCUT2D eigenvalue weighted by Gasteiger charge is -2.19. The second-order valence-electron chi connectivity index (χ2n) is 7.92. The van der Waals surface area contributed by atoms with Gasteiger partial charge in [0.25, 0.3) is 0 Å². The van der Waals surface area contributed by atoms with Crippen LogP contribution >= 0.6 is 0 Å². The summed E-state index contributed by atoms with van der Waals surface area (Å²) in [7, 11) is 3.28. The van der Waals surface area contributed by atoms with E-state index in [0.29, 0.717) is 30.5 Å². The van der Waals surface area contributed by atoms with E-state index in [1.807, 2.05) is 45.0 Å². The third kappa shape index (κ3) is 8.46. The van der Waals surface area contributed by atoms with Gasteiger partial charge < -0.3 is 25.2 Å². The molecular formula is C23H32N4O4. The number of methoxy groups -OCH3 is 1. The van der Waals surface area contributed by atoms with Gasteiger partial charge in [-0.3, -0.25) is 10.3 Å². The molecule has 0 atom stereocenters. The van der Waals surface area contributed by atoms with Gasteiger partial charge in [0.15, 0.2) is 5.96 Å². The number of amides is 1. The Bertz CT molecular complexity index is 889.